The maximum Gasteiger partial charge on any atom is 0.277 e. The van der Waals surface area contributed by atoms with Crippen molar-refractivity contribution in [1.29, 1.82) is 0 Å². The van der Waals surface area contributed by atoms with Crippen LogP contribution in [-0.2, 0) is 21.1 Å². The zero-order valence-corrected chi connectivity index (χ0v) is 15.4. The van der Waals surface area contributed by atoms with Crippen molar-refractivity contribution in [2.75, 3.05) is 24.3 Å². The van der Waals surface area contributed by atoms with Gasteiger partial charge in [-0.1, -0.05) is 42.1 Å². The van der Waals surface area contributed by atoms with Crippen LogP contribution in [0.2, 0.25) is 0 Å². The Morgan fingerprint density at radius 1 is 1.32 bits per heavy atom. The van der Waals surface area contributed by atoms with Crippen LogP contribution in [0.5, 0.6) is 0 Å². The molecule has 1 aromatic heterocycles. The van der Waals surface area contributed by atoms with Crippen molar-refractivity contribution in [3.63, 3.8) is 0 Å². The summed E-state index contributed by atoms with van der Waals surface area (Å²) in [5.74, 6) is 0.683. The van der Waals surface area contributed by atoms with Crippen LogP contribution < -0.4 is 0 Å². The van der Waals surface area contributed by atoms with Gasteiger partial charge in [0.2, 0.25) is 11.8 Å². The van der Waals surface area contributed by atoms with Crippen molar-refractivity contribution < 1.29 is 17.6 Å². The summed E-state index contributed by atoms with van der Waals surface area (Å²) >= 11 is 1.17. The van der Waals surface area contributed by atoms with Crippen LogP contribution in [-0.4, -0.2) is 59.8 Å². The minimum atomic E-state index is -3.01. The summed E-state index contributed by atoms with van der Waals surface area (Å²) in [4.78, 5) is 13.7. The second-order valence-corrected chi connectivity index (χ2v) is 9.13. The molecule has 1 aromatic carbocycles. The molecule has 7 nitrogen and oxygen atoms in total. The molecule has 0 saturated carbocycles. The Morgan fingerprint density at radius 2 is 2.08 bits per heavy atom. The third kappa shape index (κ3) is 4.82. The molecule has 1 aliphatic heterocycles. The van der Waals surface area contributed by atoms with E-state index in [1.54, 1.807) is 7.05 Å². The van der Waals surface area contributed by atoms with Crippen LogP contribution in [0.4, 0.5) is 0 Å². The van der Waals surface area contributed by atoms with Crippen LogP contribution in [0.3, 0.4) is 0 Å². The van der Waals surface area contributed by atoms with Gasteiger partial charge in [0.05, 0.1) is 23.7 Å². The number of carbonyl (C=O) groups excluding carboxylic acids is 1. The monoisotopic (exact) mass is 381 g/mol. The SMILES string of the molecule is CN(C(=O)CSc1nnc(Cc2ccccc2)o1)[C@@H]1CCS(=O)(=O)C1. The number of aromatic nitrogens is 2. The minimum absolute atomic E-state index is 0.0433. The van der Waals surface area contributed by atoms with Gasteiger partial charge in [0.25, 0.3) is 5.22 Å². The number of benzene rings is 1. The third-order valence-electron chi connectivity index (χ3n) is 4.12. The quantitative estimate of drug-likeness (QED) is 0.698. The molecule has 9 heteroatoms. The van der Waals surface area contributed by atoms with Crippen molar-refractivity contribution in [2.24, 2.45) is 0 Å². The molecule has 1 atom stereocenters. The lowest BCUT2D eigenvalue weighted by Gasteiger charge is -2.22. The Bertz CT molecular complexity index is 836. The molecular weight excluding hydrogens is 362 g/mol. The molecule has 0 N–H and O–H groups in total. The van der Waals surface area contributed by atoms with Gasteiger partial charge in [0.1, 0.15) is 0 Å². The van der Waals surface area contributed by atoms with Gasteiger partial charge in [-0.05, 0) is 12.0 Å². The lowest BCUT2D eigenvalue weighted by Crippen LogP contribution is -2.38. The number of amides is 1. The van der Waals surface area contributed by atoms with E-state index in [0.717, 1.165) is 5.56 Å². The van der Waals surface area contributed by atoms with E-state index < -0.39 is 9.84 Å². The van der Waals surface area contributed by atoms with Crippen molar-refractivity contribution in [1.82, 2.24) is 15.1 Å². The molecular formula is C16H19N3O4S2. The first-order chi connectivity index (χ1) is 11.9. The Balaban J connectivity index is 1.51. The maximum absolute atomic E-state index is 12.2. The van der Waals surface area contributed by atoms with Crippen LogP contribution >= 0.6 is 11.8 Å². The first-order valence-electron chi connectivity index (χ1n) is 7.88. The van der Waals surface area contributed by atoms with Gasteiger partial charge in [0.15, 0.2) is 9.84 Å². The lowest BCUT2D eigenvalue weighted by atomic mass is 10.2. The molecule has 2 heterocycles. The highest BCUT2D eigenvalue weighted by Crippen LogP contribution is 2.21. The van der Waals surface area contributed by atoms with Gasteiger partial charge in [-0.15, -0.1) is 10.2 Å². The zero-order chi connectivity index (χ0) is 17.9. The standard InChI is InChI=1S/C16H19N3O4S2/c1-19(13-7-8-25(21,22)11-13)15(20)10-24-16-18-17-14(23-16)9-12-5-3-2-4-6-12/h2-6,13H,7-11H2,1H3/t13-/m1/s1. The number of thioether (sulfide) groups is 1. The summed E-state index contributed by atoms with van der Waals surface area (Å²) in [6.07, 6.45) is 1.04. The smallest absolute Gasteiger partial charge is 0.277 e. The summed E-state index contributed by atoms with van der Waals surface area (Å²) in [6.45, 7) is 0. The lowest BCUT2D eigenvalue weighted by molar-refractivity contribution is -0.128. The molecule has 0 spiro atoms. The van der Waals surface area contributed by atoms with Crippen LogP contribution in [0.25, 0.3) is 0 Å². The van der Waals surface area contributed by atoms with E-state index in [4.69, 9.17) is 4.42 Å². The molecule has 2 aromatic rings. The second-order valence-electron chi connectivity index (χ2n) is 5.97. The van der Waals surface area contributed by atoms with E-state index >= 15 is 0 Å². The molecule has 0 bridgehead atoms. The number of nitrogens with zero attached hydrogens (tertiary/aromatic N) is 3. The van der Waals surface area contributed by atoms with Crippen LogP contribution in [0, 0.1) is 0 Å². The van der Waals surface area contributed by atoms with Crippen LogP contribution in [0.1, 0.15) is 17.9 Å². The first-order valence-corrected chi connectivity index (χ1v) is 10.7. The zero-order valence-electron chi connectivity index (χ0n) is 13.8. The fourth-order valence-corrected chi connectivity index (χ4v) is 5.13. The van der Waals surface area contributed by atoms with E-state index in [1.807, 2.05) is 30.3 Å². The predicted molar refractivity (Wildman–Crippen MR) is 94.1 cm³/mol. The highest BCUT2D eigenvalue weighted by Gasteiger charge is 2.32. The third-order valence-corrected chi connectivity index (χ3v) is 6.67. The number of carbonyl (C=O) groups is 1. The molecule has 1 amide bonds. The summed E-state index contributed by atoms with van der Waals surface area (Å²) in [5.41, 5.74) is 1.07. The Morgan fingerprint density at radius 3 is 2.76 bits per heavy atom. The van der Waals surface area contributed by atoms with Crippen molar-refractivity contribution in [2.45, 2.75) is 24.1 Å². The summed E-state index contributed by atoms with van der Waals surface area (Å²) < 4.78 is 28.6. The van der Waals surface area contributed by atoms with Gasteiger partial charge >= 0.3 is 0 Å². The van der Waals surface area contributed by atoms with E-state index in [0.29, 0.717) is 24.0 Å². The molecule has 0 radical (unpaired) electrons. The highest BCUT2D eigenvalue weighted by atomic mass is 32.2. The molecule has 134 valence electrons. The van der Waals surface area contributed by atoms with Crippen molar-refractivity contribution in [3.8, 4) is 0 Å². The number of hydrogen-bond donors (Lipinski definition) is 0. The fraction of sp³-hybridized carbons (Fsp3) is 0.438. The average molecular weight is 381 g/mol. The number of rotatable bonds is 6. The van der Waals surface area contributed by atoms with Gasteiger partial charge in [-0.2, -0.15) is 0 Å². The second kappa shape index (κ2) is 7.57. The summed E-state index contributed by atoms with van der Waals surface area (Å²) in [5, 5.41) is 8.27. The molecule has 1 saturated heterocycles. The van der Waals surface area contributed by atoms with E-state index in [-0.39, 0.29) is 29.2 Å². The largest absolute Gasteiger partial charge is 0.416 e. The van der Waals surface area contributed by atoms with Crippen LogP contribution in [0.15, 0.2) is 40.0 Å². The Kier molecular flexibility index (Phi) is 5.43. The van der Waals surface area contributed by atoms with E-state index in [2.05, 4.69) is 10.2 Å². The fourth-order valence-electron chi connectivity index (χ4n) is 2.65. The molecule has 1 aliphatic rings. The molecule has 3 rings (SSSR count). The predicted octanol–water partition coefficient (Wildman–Crippen LogP) is 1.40. The molecule has 1 fully saturated rings. The van der Waals surface area contributed by atoms with E-state index in [1.165, 1.54) is 16.7 Å². The van der Waals surface area contributed by atoms with E-state index in [9.17, 15) is 13.2 Å². The Labute approximate surface area is 150 Å². The molecule has 0 unspecified atom stereocenters. The molecule has 0 aliphatic carbocycles. The van der Waals surface area contributed by atoms with Gasteiger partial charge in [-0.25, -0.2) is 8.42 Å². The summed E-state index contributed by atoms with van der Waals surface area (Å²) in [7, 11) is -1.37. The van der Waals surface area contributed by atoms with Gasteiger partial charge in [0, 0.05) is 13.1 Å². The maximum atomic E-state index is 12.2. The number of hydrogen-bond acceptors (Lipinski definition) is 7. The topological polar surface area (TPSA) is 93.4 Å². The summed E-state index contributed by atoms with van der Waals surface area (Å²) in [6, 6.07) is 9.54. The average Bonchev–Trinajstić information content (AvgIpc) is 3.19. The minimum Gasteiger partial charge on any atom is -0.416 e. The first kappa shape index (κ1) is 17.9. The number of sulfone groups is 1. The highest BCUT2D eigenvalue weighted by molar-refractivity contribution is 7.99. The normalized spacial score (nSPS) is 19.0. The Hall–Kier alpha value is -1.87. The van der Waals surface area contributed by atoms with Gasteiger partial charge < -0.3 is 9.32 Å². The van der Waals surface area contributed by atoms with Crippen molar-refractivity contribution in [3.05, 3.63) is 41.8 Å². The molecule has 25 heavy (non-hydrogen) atoms. The van der Waals surface area contributed by atoms with Crippen molar-refractivity contribution >= 4 is 27.5 Å². The van der Waals surface area contributed by atoms with Gasteiger partial charge in [-0.3, -0.25) is 4.79 Å².